The highest BCUT2D eigenvalue weighted by molar-refractivity contribution is 5.20. The van der Waals surface area contributed by atoms with Gasteiger partial charge >= 0.3 is 0 Å². The van der Waals surface area contributed by atoms with E-state index in [0.29, 0.717) is 11.8 Å². The minimum atomic E-state index is -0.0939. The van der Waals surface area contributed by atoms with Crippen LogP contribution < -0.4 is 10.5 Å². The standard InChI is InChI=1S/C11H19N3O/c1-4-8(2)7-9(12)10-11(15-3)14-6-5-13-10/h5-6,8-9H,4,7,12H2,1-3H3. The molecule has 0 aliphatic rings. The molecule has 0 saturated heterocycles. The van der Waals surface area contributed by atoms with E-state index < -0.39 is 0 Å². The highest BCUT2D eigenvalue weighted by atomic mass is 16.5. The number of nitrogens with two attached hydrogens (primary N) is 1. The summed E-state index contributed by atoms with van der Waals surface area (Å²) in [5.74, 6) is 1.13. The maximum absolute atomic E-state index is 6.07. The molecule has 1 aromatic rings. The number of aromatic nitrogens is 2. The second-order valence-electron chi connectivity index (χ2n) is 3.81. The average Bonchev–Trinajstić information content (AvgIpc) is 2.28. The van der Waals surface area contributed by atoms with Gasteiger partial charge in [0, 0.05) is 12.4 Å². The van der Waals surface area contributed by atoms with Gasteiger partial charge in [0.05, 0.1) is 13.2 Å². The van der Waals surface area contributed by atoms with Gasteiger partial charge in [-0.1, -0.05) is 20.3 Å². The van der Waals surface area contributed by atoms with E-state index in [2.05, 4.69) is 23.8 Å². The third-order valence-electron chi connectivity index (χ3n) is 2.59. The van der Waals surface area contributed by atoms with Gasteiger partial charge in [0.2, 0.25) is 5.88 Å². The number of rotatable bonds is 5. The maximum Gasteiger partial charge on any atom is 0.236 e. The van der Waals surface area contributed by atoms with Crippen LogP contribution in [0.3, 0.4) is 0 Å². The zero-order valence-corrected chi connectivity index (χ0v) is 9.60. The van der Waals surface area contributed by atoms with Crippen LogP contribution >= 0.6 is 0 Å². The predicted molar refractivity (Wildman–Crippen MR) is 59.6 cm³/mol. The van der Waals surface area contributed by atoms with E-state index in [0.717, 1.165) is 18.5 Å². The van der Waals surface area contributed by atoms with Crippen molar-refractivity contribution in [1.82, 2.24) is 9.97 Å². The van der Waals surface area contributed by atoms with Crippen molar-refractivity contribution >= 4 is 0 Å². The Morgan fingerprint density at radius 2 is 2.07 bits per heavy atom. The molecule has 0 aromatic carbocycles. The first kappa shape index (κ1) is 11.9. The lowest BCUT2D eigenvalue weighted by Gasteiger charge is -2.16. The van der Waals surface area contributed by atoms with Gasteiger partial charge in [-0.25, -0.2) is 4.98 Å². The highest BCUT2D eigenvalue weighted by Crippen LogP contribution is 2.24. The summed E-state index contributed by atoms with van der Waals surface area (Å²) in [4.78, 5) is 8.31. The van der Waals surface area contributed by atoms with Crippen LogP contribution in [0, 0.1) is 5.92 Å². The average molecular weight is 209 g/mol. The predicted octanol–water partition coefficient (Wildman–Crippen LogP) is 1.92. The third-order valence-corrected chi connectivity index (χ3v) is 2.59. The quantitative estimate of drug-likeness (QED) is 0.804. The maximum atomic E-state index is 6.07. The Morgan fingerprint density at radius 3 is 2.67 bits per heavy atom. The van der Waals surface area contributed by atoms with Crippen LogP contribution in [0.2, 0.25) is 0 Å². The van der Waals surface area contributed by atoms with Crippen molar-refractivity contribution in [2.24, 2.45) is 11.7 Å². The Hall–Kier alpha value is -1.16. The van der Waals surface area contributed by atoms with Crippen molar-refractivity contribution in [3.63, 3.8) is 0 Å². The minimum Gasteiger partial charge on any atom is -0.480 e. The normalized spacial score (nSPS) is 14.7. The second-order valence-corrected chi connectivity index (χ2v) is 3.81. The number of hydrogen-bond acceptors (Lipinski definition) is 4. The highest BCUT2D eigenvalue weighted by Gasteiger charge is 2.16. The van der Waals surface area contributed by atoms with Gasteiger partial charge in [0.15, 0.2) is 0 Å². The van der Waals surface area contributed by atoms with Crippen molar-refractivity contribution in [3.05, 3.63) is 18.1 Å². The summed E-state index contributed by atoms with van der Waals surface area (Å²) in [6.07, 6.45) is 5.29. The van der Waals surface area contributed by atoms with Gasteiger partial charge in [0.25, 0.3) is 0 Å². The van der Waals surface area contributed by atoms with Crippen LogP contribution in [0.1, 0.15) is 38.4 Å². The van der Waals surface area contributed by atoms with E-state index in [1.807, 2.05) is 0 Å². The lowest BCUT2D eigenvalue weighted by molar-refractivity contribution is 0.374. The molecular weight excluding hydrogens is 190 g/mol. The number of hydrogen-bond donors (Lipinski definition) is 1. The molecule has 1 heterocycles. The van der Waals surface area contributed by atoms with E-state index in [4.69, 9.17) is 10.5 Å². The van der Waals surface area contributed by atoms with E-state index in [1.54, 1.807) is 19.5 Å². The first-order chi connectivity index (χ1) is 7.19. The van der Waals surface area contributed by atoms with Crippen molar-refractivity contribution in [3.8, 4) is 5.88 Å². The van der Waals surface area contributed by atoms with Crippen LogP contribution in [-0.2, 0) is 0 Å². The van der Waals surface area contributed by atoms with Gasteiger partial charge in [-0.2, -0.15) is 0 Å². The zero-order chi connectivity index (χ0) is 11.3. The fourth-order valence-electron chi connectivity index (χ4n) is 1.46. The van der Waals surface area contributed by atoms with Gasteiger partial charge in [-0.3, -0.25) is 4.98 Å². The Morgan fingerprint density at radius 1 is 1.40 bits per heavy atom. The number of nitrogens with zero attached hydrogens (tertiary/aromatic N) is 2. The van der Waals surface area contributed by atoms with Crippen molar-refractivity contribution in [1.29, 1.82) is 0 Å². The molecule has 2 atom stereocenters. The second kappa shape index (κ2) is 5.66. The Labute approximate surface area is 90.9 Å². The third kappa shape index (κ3) is 3.16. The molecule has 84 valence electrons. The zero-order valence-electron chi connectivity index (χ0n) is 9.60. The van der Waals surface area contributed by atoms with Gasteiger partial charge < -0.3 is 10.5 Å². The molecule has 2 unspecified atom stereocenters. The molecule has 15 heavy (non-hydrogen) atoms. The number of ether oxygens (including phenoxy) is 1. The molecule has 1 rings (SSSR count). The topological polar surface area (TPSA) is 61.0 Å². The Kier molecular flexibility index (Phi) is 4.49. The lowest BCUT2D eigenvalue weighted by atomic mass is 9.98. The molecule has 4 nitrogen and oxygen atoms in total. The van der Waals surface area contributed by atoms with Crippen molar-refractivity contribution in [2.45, 2.75) is 32.7 Å². The van der Waals surface area contributed by atoms with Crippen LogP contribution in [0.15, 0.2) is 12.4 Å². The van der Waals surface area contributed by atoms with Crippen LogP contribution in [0.5, 0.6) is 5.88 Å². The molecule has 0 bridgehead atoms. The molecule has 0 aliphatic heterocycles. The molecule has 0 spiro atoms. The molecule has 0 amide bonds. The SMILES string of the molecule is CCC(C)CC(N)c1nccnc1OC. The smallest absolute Gasteiger partial charge is 0.236 e. The van der Waals surface area contributed by atoms with E-state index in [-0.39, 0.29) is 6.04 Å². The lowest BCUT2D eigenvalue weighted by Crippen LogP contribution is -2.16. The summed E-state index contributed by atoms with van der Waals surface area (Å²) >= 11 is 0. The molecular formula is C11H19N3O. The summed E-state index contributed by atoms with van der Waals surface area (Å²) < 4.78 is 5.13. The summed E-state index contributed by atoms with van der Waals surface area (Å²) in [6, 6.07) is -0.0939. The Balaban J connectivity index is 2.76. The van der Waals surface area contributed by atoms with Gasteiger partial charge in [-0.15, -0.1) is 0 Å². The minimum absolute atomic E-state index is 0.0939. The molecule has 1 aromatic heterocycles. The fourth-order valence-corrected chi connectivity index (χ4v) is 1.46. The molecule has 4 heteroatoms. The number of methoxy groups -OCH3 is 1. The summed E-state index contributed by atoms with van der Waals surface area (Å²) in [5, 5.41) is 0. The summed E-state index contributed by atoms with van der Waals surface area (Å²) in [7, 11) is 1.59. The van der Waals surface area contributed by atoms with E-state index in [9.17, 15) is 0 Å². The fraction of sp³-hybridized carbons (Fsp3) is 0.636. The monoisotopic (exact) mass is 209 g/mol. The van der Waals surface area contributed by atoms with Crippen LogP contribution in [-0.4, -0.2) is 17.1 Å². The molecule has 0 fully saturated rings. The first-order valence-corrected chi connectivity index (χ1v) is 5.29. The summed E-state index contributed by atoms with van der Waals surface area (Å²) in [6.45, 7) is 4.34. The van der Waals surface area contributed by atoms with Crippen molar-refractivity contribution in [2.75, 3.05) is 7.11 Å². The van der Waals surface area contributed by atoms with Gasteiger partial charge in [0.1, 0.15) is 5.69 Å². The van der Waals surface area contributed by atoms with Crippen molar-refractivity contribution < 1.29 is 4.74 Å². The summed E-state index contributed by atoms with van der Waals surface area (Å²) in [5.41, 5.74) is 6.82. The molecule has 2 N–H and O–H groups in total. The largest absolute Gasteiger partial charge is 0.480 e. The van der Waals surface area contributed by atoms with Crippen LogP contribution in [0.25, 0.3) is 0 Å². The molecule has 0 saturated carbocycles. The van der Waals surface area contributed by atoms with Crippen LogP contribution in [0.4, 0.5) is 0 Å². The Bertz CT molecular complexity index is 304. The molecule has 0 aliphatic carbocycles. The first-order valence-electron chi connectivity index (χ1n) is 5.29. The van der Waals surface area contributed by atoms with E-state index in [1.165, 1.54) is 0 Å². The molecule has 0 radical (unpaired) electrons. The van der Waals surface area contributed by atoms with Gasteiger partial charge in [-0.05, 0) is 12.3 Å². The van der Waals surface area contributed by atoms with E-state index >= 15 is 0 Å².